The first-order chi connectivity index (χ1) is 10.3. The number of cyclic esters (lactones) is 1. The van der Waals surface area contributed by atoms with Crippen LogP contribution in [0.5, 0.6) is 0 Å². The number of ether oxygens (including phenoxy) is 1. The average Bonchev–Trinajstić information content (AvgIpc) is 2.79. The molecule has 1 saturated heterocycles. The molecular formula is C13H17N3O5S. The molecule has 0 aromatic heterocycles. The SMILES string of the molecule is CN(C)S(=O)(=O)N[C@H](CN1C(=O)COC1=O)c1ccccc1. The fourth-order valence-corrected chi connectivity index (χ4v) is 2.70. The molecule has 9 heteroatoms. The van der Waals surface area contributed by atoms with E-state index >= 15 is 0 Å². The first-order valence-corrected chi connectivity index (χ1v) is 7.97. The van der Waals surface area contributed by atoms with Crippen molar-refractivity contribution in [3.63, 3.8) is 0 Å². The number of imide groups is 1. The number of rotatable bonds is 6. The molecule has 1 atom stereocenters. The van der Waals surface area contributed by atoms with Gasteiger partial charge in [0.1, 0.15) is 0 Å². The summed E-state index contributed by atoms with van der Waals surface area (Å²) in [4.78, 5) is 24.1. The molecular weight excluding hydrogens is 310 g/mol. The van der Waals surface area contributed by atoms with E-state index in [2.05, 4.69) is 9.46 Å². The maximum Gasteiger partial charge on any atom is 0.417 e. The van der Waals surface area contributed by atoms with E-state index in [0.717, 1.165) is 9.21 Å². The molecule has 22 heavy (non-hydrogen) atoms. The minimum Gasteiger partial charge on any atom is -0.439 e. The molecule has 2 rings (SSSR count). The lowest BCUT2D eigenvalue weighted by Crippen LogP contribution is -2.44. The maximum atomic E-state index is 12.0. The number of carbonyl (C=O) groups is 2. The highest BCUT2D eigenvalue weighted by Crippen LogP contribution is 2.18. The van der Waals surface area contributed by atoms with Crippen LogP contribution in [0.3, 0.4) is 0 Å². The van der Waals surface area contributed by atoms with Gasteiger partial charge in [-0.1, -0.05) is 30.3 Å². The second kappa shape index (κ2) is 6.42. The van der Waals surface area contributed by atoms with Crippen LogP contribution in [0, 0.1) is 0 Å². The molecule has 0 saturated carbocycles. The zero-order valence-corrected chi connectivity index (χ0v) is 13.0. The minimum absolute atomic E-state index is 0.130. The third kappa shape index (κ3) is 3.62. The highest BCUT2D eigenvalue weighted by molar-refractivity contribution is 7.87. The predicted octanol–water partition coefficient (Wildman–Crippen LogP) is 0.103. The van der Waals surface area contributed by atoms with Gasteiger partial charge in [-0.25, -0.2) is 9.69 Å². The lowest BCUT2D eigenvalue weighted by molar-refractivity contribution is -0.126. The molecule has 120 valence electrons. The molecule has 1 aliphatic rings. The summed E-state index contributed by atoms with van der Waals surface area (Å²) in [5.41, 5.74) is 0.639. The fraction of sp³-hybridized carbons (Fsp3) is 0.385. The van der Waals surface area contributed by atoms with Gasteiger partial charge in [-0.15, -0.1) is 0 Å². The molecule has 0 radical (unpaired) electrons. The van der Waals surface area contributed by atoms with Crippen molar-refractivity contribution < 1.29 is 22.7 Å². The van der Waals surface area contributed by atoms with Gasteiger partial charge in [-0.3, -0.25) is 4.79 Å². The Bertz CT molecular complexity index is 644. The van der Waals surface area contributed by atoms with E-state index in [-0.39, 0.29) is 13.2 Å². The van der Waals surface area contributed by atoms with E-state index in [1.807, 2.05) is 0 Å². The van der Waals surface area contributed by atoms with Crippen molar-refractivity contribution in [1.82, 2.24) is 13.9 Å². The molecule has 8 nitrogen and oxygen atoms in total. The van der Waals surface area contributed by atoms with E-state index in [0.29, 0.717) is 5.56 Å². The summed E-state index contributed by atoms with van der Waals surface area (Å²) in [6, 6.07) is 7.95. The summed E-state index contributed by atoms with van der Waals surface area (Å²) < 4.78 is 32.2. The number of hydrogen-bond acceptors (Lipinski definition) is 5. The first kappa shape index (κ1) is 16.4. The molecule has 1 heterocycles. The summed E-state index contributed by atoms with van der Waals surface area (Å²) >= 11 is 0. The van der Waals surface area contributed by atoms with E-state index < -0.39 is 28.3 Å². The molecule has 1 aliphatic heterocycles. The zero-order chi connectivity index (χ0) is 16.3. The van der Waals surface area contributed by atoms with Crippen LogP contribution in [-0.2, 0) is 19.7 Å². The van der Waals surface area contributed by atoms with Crippen LogP contribution in [-0.4, -0.2) is 56.9 Å². The lowest BCUT2D eigenvalue weighted by Gasteiger charge is -2.24. The Morgan fingerprint density at radius 3 is 2.41 bits per heavy atom. The van der Waals surface area contributed by atoms with Crippen molar-refractivity contribution >= 4 is 22.2 Å². The average molecular weight is 327 g/mol. The number of hydrogen-bond donors (Lipinski definition) is 1. The fourth-order valence-electron chi connectivity index (χ4n) is 1.92. The highest BCUT2D eigenvalue weighted by Gasteiger charge is 2.34. The van der Waals surface area contributed by atoms with Crippen LogP contribution >= 0.6 is 0 Å². The van der Waals surface area contributed by atoms with Crippen molar-refractivity contribution in [3.8, 4) is 0 Å². The van der Waals surface area contributed by atoms with Gasteiger partial charge in [0, 0.05) is 14.1 Å². The Balaban J connectivity index is 2.26. The third-order valence-electron chi connectivity index (χ3n) is 3.18. The van der Waals surface area contributed by atoms with Gasteiger partial charge in [-0.05, 0) is 5.56 Å². The normalized spacial score (nSPS) is 17.0. The number of amides is 2. The van der Waals surface area contributed by atoms with E-state index in [4.69, 9.17) is 0 Å². The second-order valence-electron chi connectivity index (χ2n) is 4.93. The number of carbonyl (C=O) groups excluding carboxylic acids is 2. The number of benzene rings is 1. The van der Waals surface area contributed by atoms with E-state index in [9.17, 15) is 18.0 Å². The molecule has 0 aliphatic carbocycles. The second-order valence-corrected chi connectivity index (χ2v) is 6.84. The Morgan fingerprint density at radius 2 is 1.91 bits per heavy atom. The van der Waals surface area contributed by atoms with Gasteiger partial charge in [0.2, 0.25) is 0 Å². The van der Waals surface area contributed by atoms with Crippen LogP contribution < -0.4 is 4.72 Å². The van der Waals surface area contributed by atoms with Crippen LogP contribution in [0.2, 0.25) is 0 Å². The van der Waals surface area contributed by atoms with Crippen molar-refractivity contribution in [3.05, 3.63) is 35.9 Å². The Kier molecular flexibility index (Phi) is 4.79. The quantitative estimate of drug-likeness (QED) is 0.799. The molecule has 1 aromatic rings. The molecule has 1 N–H and O–H groups in total. The topological polar surface area (TPSA) is 96.0 Å². The summed E-state index contributed by atoms with van der Waals surface area (Å²) in [6.07, 6.45) is -0.769. The zero-order valence-electron chi connectivity index (χ0n) is 12.2. The Morgan fingerprint density at radius 1 is 1.27 bits per heavy atom. The van der Waals surface area contributed by atoms with Gasteiger partial charge in [0.15, 0.2) is 6.61 Å². The molecule has 1 aromatic carbocycles. The van der Waals surface area contributed by atoms with Crippen molar-refractivity contribution in [2.45, 2.75) is 6.04 Å². The maximum absolute atomic E-state index is 12.0. The summed E-state index contributed by atoms with van der Waals surface area (Å²) in [7, 11) is -0.952. The number of nitrogens with one attached hydrogen (secondary N) is 1. The van der Waals surface area contributed by atoms with Crippen LogP contribution in [0.15, 0.2) is 30.3 Å². The minimum atomic E-state index is -3.73. The largest absolute Gasteiger partial charge is 0.439 e. The summed E-state index contributed by atoms with van der Waals surface area (Å²) in [5, 5.41) is 0. The summed E-state index contributed by atoms with van der Waals surface area (Å²) in [5.74, 6) is -0.491. The Labute approximate surface area is 128 Å². The van der Waals surface area contributed by atoms with Gasteiger partial charge >= 0.3 is 6.09 Å². The molecule has 0 spiro atoms. The van der Waals surface area contributed by atoms with Crippen molar-refractivity contribution in [1.29, 1.82) is 0 Å². The van der Waals surface area contributed by atoms with Crippen LogP contribution in [0.1, 0.15) is 11.6 Å². The molecule has 0 bridgehead atoms. The molecule has 1 fully saturated rings. The smallest absolute Gasteiger partial charge is 0.417 e. The van der Waals surface area contributed by atoms with Gasteiger partial charge in [-0.2, -0.15) is 17.4 Å². The van der Waals surface area contributed by atoms with Crippen molar-refractivity contribution in [2.75, 3.05) is 27.2 Å². The predicted molar refractivity (Wildman–Crippen MR) is 78.0 cm³/mol. The monoisotopic (exact) mass is 327 g/mol. The van der Waals surface area contributed by atoms with Crippen LogP contribution in [0.4, 0.5) is 4.79 Å². The molecule has 2 amide bonds. The molecule has 0 unspecified atom stereocenters. The van der Waals surface area contributed by atoms with Gasteiger partial charge in [0.25, 0.3) is 16.1 Å². The first-order valence-electron chi connectivity index (χ1n) is 6.53. The van der Waals surface area contributed by atoms with Crippen molar-refractivity contribution in [2.24, 2.45) is 0 Å². The van der Waals surface area contributed by atoms with Gasteiger partial charge < -0.3 is 4.74 Å². The summed E-state index contributed by atoms with van der Waals surface area (Å²) in [6.45, 7) is -0.449. The van der Waals surface area contributed by atoms with E-state index in [1.165, 1.54) is 14.1 Å². The van der Waals surface area contributed by atoms with Gasteiger partial charge in [0.05, 0.1) is 12.6 Å². The Hall–Kier alpha value is -1.97. The van der Waals surface area contributed by atoms with Crippen LogP contribution in [0.25, 0.3) is 0 Å². The van der Waals surface area contributed by atoms with E-state index in [1.54, 1.807) is 30.3 Å². The highest BCUT2D eigenvalue weighted by atomic mass is 32.2. The lowest BCUT2D eigenvalue weighted by atomic mass is 10.1. The standard InChI is InChI=1S/C13H17N3O5S/c1-15(2)22(19,20)14-11(10-6-4-3-5-7-10)8-16-12(17)9-21-13(16)18/h3-7,11,14H,8-9H2,1-2H3/t11-/m1/s1. The number of nitrogens with zero attached hydrogens (tertiary/aromatic N) is 2. The third-order valence-corrected chi connectivity index (χ3v) is 4.72.